The summed E-state index contributed by atoms with van der Waals surface area (Å²) in [6, 6.07) is 11.6. The number of hydrogen-bond donors (Lipinski definition) is 1. The van der Waals surface area contributed by atoms with Crippen LogP contribution in [0.3, 0.4) is 0 Å². The third kappa shape index (κ3) is 4.30. The standard InChI is InChI=1S/C17H14FN3O3S2/c1-11-20-21-17(25-11)26(23,24)10-12-2-8-15(9-3-12)19-16(22)13-4-6-14(18)7-5-13/h2-9H,10H2,1H3,(H,19,22). The highest BCUT2D eigenvalue weighted by molar-refractivity contribution is 7.92. The molecule has 1 amide bonds. The normalized spacial score (nSPS) is 11.3. The Bertz CT molecular complexity index is 1030. The Balaban J connectivity index is 1.68. The molecule has 1 N–H and O–H groups in total. The molecule has 0 aliphatic rings. The van der Waals surface area contributed by atoms with Gasteiger partial charge in [-0.2, -0.15) is 0 Å². The molecule has 0 atom stereocenters. The Labute approximate surface area is 153 Å². The second-order valence-corrected chi connectivity index (χ2v) is 8.85. The molecular weight excluding hydrogens is 377 g/mol. The summed E-state index contributed by atoms with van der Waals surface area (Å²) in [5.41, 5.74) is 1.40. The number of aromatic nitrogens is 2. The summed E-state index contributed by atoms with van der Waals surface area (Å²) in [7, 11) is -3.55. The maximum absolute atomic E-state index is 12.9. The van der Waals surface area contributed by atoms with E-state index in [1.54, 1.807) is 31.2 Å². The first-order valence-corrected chi connectivity index (χ1v) is 9.99. The first-order valence-electron chi connectivity index (χ1n) is 7.52. The number of sulfone groups is 1. The van der Waals surface area contributed by atoms with Crippen LogP contribution < -0.4 is 5.32 Å². The van der Waals surface area contributed by atoms with Crippen LogP contribution in [0.4, 0.5) is 10.1 Å². The van der Waals surface area contributed by atoms with E-state index in [1.165, 1.54) is 24.3 Å². The van der Waals surface area contributed by atoms with Crippen molar-refractivity contribution in [1.29, 1.82) is 0 Å². The second-order valence-electron chi connectivity index (χ2n) is 5.50. The van der Waals surface area contributed by atoms with Gasteiger partial charge in [0.1, 0.15) is 10.8 Å². The van der Waals surface area contributed by atoms with Crippen molar-refractivity contribution in [3.8, 4) is 0 Å². The predicted molar refractivity (Wildman–Crippen MR) is 96.3 cm³/mol. The molecule has 3 aromatic rings. The molecule has 6 nitrogen and oxygen atoms in total. The van der Waals surface area contributed by atoms with Crippen LogP contribution in [-0.2, 0) is 15.6 Å². The minimum absolute atomic E-state index is 0.0105. The number of nitrogens with one attached hydrogen (secondary N) is 1. The second kappa shape index (κ2) is 7.30. The van der Waals surface area contributed by atoms with Crippen molar-refractivity contribution in [3.63, 3.8) is 0 Å². The molecule has 0 radical (unpaired) electrons. The molecule has 0 saturated heterocycles. The molecule has 0 aliphatic heterocycles. The lowest BCUT2D eigenvalue weighted by Gasteiger charge is -2.07. The van der Waals surface area contributed by atoms with Gasteiger partial charge in [-0.1, -0.05) is 23.5 Å². The Morgan fingerprint density at radius 3 is 2.31 bits per heavy atom. The molecule has 1 aromatic heterocycles. The van der Waals surface area contributed by atoms with Crippen LogP contribution in [0.15, 0.2) is 52.9 Å². The van der Waals surface area contributed by atoms with E-state index < -0.39 is 15.7 Å². The fourth-order valence-electron chi connectivity index (χ4n) is 2.17. The van der Waals surface area contributed by atoms with Gasteiger partial charge in [-0.05, 0) is 48.9 Å². The number of carbonyl (C=O) groups is 1. The van der Waals surface area contributed by atoms with Crippen LogP contribution in [0.1, 0.15) is 20.9 Å². The van der Waals surface area contributed by atoms with E-state index in [-0.39, 0.29) is 16.0 Å². The average molecular weight is 391 g/mol. The van der Waals surface area contributed by atoms with Gasteiger partial charge in [-0.25, -0.2) is 12.8 Å². The zero-order chi connectivity index (χ0) is 18.7. The highest BCUT2D eigenvalue weighted by Crippen LogP contribution is 2.21. The Kier molecular flexibility index (Phi) is 5.10. The van der Waals surface area contributed by atoms with Gasteiger partial charge in [0.15, 0.2) is 0 Å². The van der Waals surface area contributed by atoms with Crippen molar-refractivity contribution >= 4 is 32.8 Å². The van der Waals surface area contributed by atoms with Crippen molar-refractivity contribution in [2.24, 2.45) is 0 Å². The van der Waals surface area contributed by atoms with Gasteiger partial charge in [0, 0.05) is 11.3 Å². The highest BCUT2D eigenvalue weighted by atomic mass is 32.2. The average Bonchev–Trinajstić information content (AvgIpc) is 3.04. The molecule has 0 bridgehead atoms. The molecule has 0 fully saturated rings. The first-order chi connectivity index (χ1) is 12.3. The van der Waals surface area contributed by atoms with Gasteiger partial charge in [-0.3, -0.25) is 4.79 Å². The monoisotopic (exact) mass is 391 g/mol. The van der Waals surface area contributed by atoms with Gasteiger partial charge >= 0.3 is 0 Å². The number of amides is 1. The Morgan fingerprint density at radius 1 is 1.08 bits per heavy atom. The minimum atomic E-state index is -3.55. The smallest absolute Gasteiger partial charge is 0.255 e. The van der Waals surface area contributed by atoms with E-state index in [9.17, 15) is 17.6 Å². The zero-order valence-electron chi connectivity index (χ0n) is 13.6. The van der Waals surface area contributed by atoms with Gasteiger partial charge in [-0.15, -0.1) is 10.2 Å². The molecule has 3 rings (SSSR count). The molecule has 26 heavy (non-hydrogen) atoms. The topological polar surface area (TPSA) is 89.0 Å². The van der Waals surface area contributed by atoms with E-state index in [0.29, 0.717) is 21.8 Å². The Hall–Kier alpha value is -2.65. The van der Waals surface area contributed by atoms with Crippen LogP contribution in [0.2, 0.25) is 0 Å². The van der Waals surface area contributed by atoms with Crippen molar-refractivity contribution < 1.29 is 17.6 Å². The van der Waals surface area contributed by atoms with Crippen molar-refractivity contribution in [1.82, 2.24) is 10.2 Å². The number of hydrogen-bond acceptors (Lipinski definition) is 6. The number of benzene rings is 2. The summed E-state index contributed by atoms with van der Waals surface area (Å²) in [5, 5.41) is 10.7. The van der Waals surface area contributed by atoms with Gasteiger partial charge < -0.3 is 5.32 Å². The van der Waals surface area contributed by atoms with E-state index in [4.69, 9.17) is 0 Å². The Morgan fingerprint density at radius 2 is 1.73 bits per heavy atom. The molecule has 2 aromatic carbocycles. The molecule has 134 valence electrons. The lowest BCUT2D eigenvalue weighted by Crippen LogP contribution is -2.12. The molecule has 1 heterocycles. The van der Waals surface area contributed by atoms with Crippen LogP contribution in [0.25, 0.3) is 0 Å². The first kappa shape index (κ1) is 18.2. The van der Waals surface area contributed by atoms with Crippen molar-refractivity contribution in [3.05, 3.63) is 70.5 Å². The zero-order valence-corrected chi connectivity index (χ0v) is 15.3. The highest BCUT2D eigenvalue weighted by Gasteiger charge is 2.20. The summed E-state index contributed by atoms with van der Waals surface area (Å²) in [4.78, 5) is 12.1. The quantitative estimate of drug-likeness (QED) is 0.721. The van der Waals surface area contributed by atoms with Gasteiger partial charge in [0.2, 0.25) is 14.2 Å². The van der Waals surface area contributed by atoms with Crippen LogP contribution in [0.5, 0.6) is 0 Å². The van der Waals surface area contributed by atoms with Crippen LogP contribution >= 0.6 is 11.3 Å². The van der Waals surface area contributed by atoms with Crippen molar-refractivity contribution in [2.75, 3.05) is 5.32 Å². The van der Waals surface area contributed by atoms with E-state index in [1.807, 2.05) is 0 Å². The molecule has 0 spiro atoms. The number of aryl methyl sites for hydroxylation is 1. The minimum Gasteiger partial charge on any atom is -0.322 e. The molecule has 0 saturated carbocycles. The van der Waals surface area contributed by atoms with Gasteiger partial charge in [0.25, 0.3) is 5.91 Å². The van der Waals surface area contributed by atoms with Crippen LogP contribution in [-0.4, -0.2) is 24.5 Å². The fourth-order valence-corrected chi connectivity index (χ4v) is 4.56. The third-order valence-electron chi connectivity index (χ3n) is 3.45. The summed E-state index contributed by atoms with van der Waals surface area (Å²) in [5.74, 6) is -0.999. The van der Waals surface area contributed by atoms with Gasteiger partial charge in [0.05, 0.1) is 5.75 Å². The van der Waals surface area contributed by atoms with Crippen LogP contribution in [0, 0.1) is 12.7 Å². The number of nitrogens with zero attached hydrogens (tertiary/aromatic N) is 2. The summed E-state index contributed by atoms with van der Waals surface area (Å²) < 4.78 is 37.5. The number of rotatable bonds is 5. The summed E-state index contributed by atoms with van der Waals surface area (Å²) >= 11 is 1.03. The fraction of sp³-hybridized carbons (Fsp3) is 0.118. The van der Waals surface area contributed by atoms with E-state index in [2.05, 4.69) is 15.5 Å². The maximum Gasteiger partial charge on any atom is 0.255 e. The predicted octanol–water partition coefficient (Wildman–Crippen LogP) is 3.21. The molecular formula is C17H14FN3O3S2. The largest absolute Gasteiger partial charge is 0.322 e. The summed E-state index contributed by atoms with van der Waals surface area (Å²) in [6.07, 6.45) is 0. The molecule has 0 unspecified atom stereocenters. The number of halogens is 1. The molecule has 9 heteroatoms. The van der Waals surface area contributed by atoms with Crippen molar-refractivity contribution in [2.45, 2.75) is 17.0 Å². The van der Waals surface area contributed by atoms with E-state index >= 15 is 0 Å². The van der Waals surface area contributed by atoms with E-state index in [0.717, 1.165) is 11.3 Å². The third-order valence-corrected chi connectivity index (χ3v) is 6.42. The number of anilines is 1. The summed E-state index contributed by atoms with van der Waals surface area (Å²) in [6.45, 7) is 1.69. The molecule has 0 aliphatic carbocycles. The lowest BCUT2D eigenvalue weighted by atomic mass is 10.2. The SMILES string of the molecule is Cc1nnc(S(=O)(=O)Cc2ccc(NC(=O)c3ccc(F)cc3)cc2)s1. The lowest BCUT2D eigenvalue weighted by molar-refractivity contribution is 0.102. The maximum atomic E-state index is 12.9. The number of carbonyl (C=O) groups excluding carboxylic acids is 1.